The standard InChI is InChI=1S/C13H7BrCl3F/c14-6-7-1-2-12(18)9(3-7)13-10(16)4-8(15)5-11(13)17/h1-5H,6H2. The van der Waals surface area contributed by atoms with E-state index in [0.29, 0.717) is 31.5 Å². The summed E-state index contributed by atoms with van der Waals surface area (Å²) in [7, 11) is 0. The van der Waals surface area contributed by atoms with Crippen LogP contribution in [0, 0.1) is 5.82 Å². The lowest BCUT2D eigenvalue weighted by molar-refractivity contribution is 0.631. The van der Waals surface area contributed by atoms with Crippen molar-refractivity contribution >= 4 is 50.7 Å². The van der Waals surface area contributed by atoms with Crippen LogP contribution in [0.3, 0.4) is 0 Å². The van der Waals surface area contributed by atoms with E-state index < -0.39 is 0 Å². The van der Waals surface area contributed by atoms with Gasteiger partial charge in [0.25, 0.3) is 0 Å². The van der Waals surface area contributed by atoms with Gasteiger partial charge in [0.1, 0.15) is 5.82 Å². The minimum atomic E-state index is -0.370. The molecule has 0 aliphatic rings. The first kappa shape index (κ1) is 14.1. The van der Waals surface area contributed by atoms with E-state index in [2.05, 4.69) is 15.9 Å². The first-order valence-electron chi connectivity index (χ1n) is 5.02. The topological polar surface area (TPSA) is 0 Å². The number of hydrogen-bond donors (Lipinski definition) is 0. The summed E-state index contributed by atoms with van der Waals surface area (Å²) in [5.74, 6) is -0.370. The van der Waals surface area contributed by atoms with Gasteiger partial charge >= 0.3 is 0 Å². The van der Waals surface area contributed by atoms with Gasteiger partial charge in [-0.05, 0) is 29.8 Å². The van der Waals surface area contributed by atoms with Crippen LogP contribution >= 0.6 is 50.7 Å². The molecule has 0 radical (unpaired) electrons. The number of benzene rings is 2. The highest BCUT2D eigenvalue weighted by atomic mass is 79.9. The SMILES string of the molecule is Fc1ccc(CBr)cc1-c1c(Cl)cc(Cl)cc1Cl. The Morgan fingerprint density at radius 3 is 2.17 bits per heavy atom. The van der Waals surface area contributed by atoms with Crippen molar-refractivity contribution in [2.45, 2.75) is 5.33 Å². The molecule has 0 N–H and O–H groups in total. The maximum absolute atomic E-state index is 13.9. The predicted molar refractivity (Wildman–Crippen MR) is 79.5 cm³/mol. The minimum Gasteiger partial charge on any atom is -0.206 e. The average molecular weight is 368 g/mol. The molecule has 18 heavy (non-hydrogen) atoms. The molecule has 0 heterocycles. The van der Waals surface area contributed by atoms with Crippen LogP contribution < -0.4 is 0 Å². The molecule has 0 aliphatic heterocycles. The number of hydrogen-bond acceptors (Lipinski definition) is 0. The zero-order valence-corrected chi connectivity index (χ0v) is 12.8. The summed E-state index contributed by atoms with van der Waals surface area (Å²) in [5, 5.41) is 1.71. The maximum atomic E-state index is 13.9. The second kappa shape index (κ2) is 5.79. The highest BCUT2D eigenvalue weighted by molar-refractivity contribution is 9.08. The van der Waals surface area contributed by atoms with Gasteiger partial charge in [0.05, 0.1) is 10.0 Å². The molecular formula is C13H7BrCl3F. The van der Waals surface area contributed by atoms with E-state index in [4.69, 9.17) is 34.8 Å². The second-order valence-corrected chi connectivity index (χ2v) is 5.50. The van der Waals surface area contributed by atoms with E-state index in [1.54, 1.807) is 24.3 Å². The predicted octanol–water partition coefficient (Wildman–Crippen LogP) is 6.35. The molecular weight excluding hydrogens is 361 g/mol. The zero-order chi connectivity index (χ0) is 13.3. The van der Waals surface area contributed by atoms with Crippen molar-refractivity contribution in [1.29, 1.82) is 0 Å². The van der Waals surface area contributed by atoms with Gasteiger partial charge in [0, 0.05) is 21.5 Å². The lowest BCUT2D eigenvalue weighted by Crippen LogP contribution is -1.89. The number of rotatable bonds is 2. The van der Waals surface area contributed by atoms with Gasteiger partial charge in [-0.1, -0.05) is 56.8 Å². The Hall–Kier alpha value is -0.280. The molecule has 0 bridgehead atoms. The molecule has 2 aromatic carbocycles. The van der Waals surface area contributed by atoms with Crippen LogP contribution in [0.1, 0.15) is 5.56 Å². The third-order valence-electron chi connectivity index (χ3n) is 2.46. The van der Waals surface area contributed by atoms with Crippen LogP contribution in [0.5, 0.6) is 0 Å². The molecule has 0 aliphatic carbocycles. The summed E-state index contributed by atoms with van der Waals surface area (Å²) >= 11 is 21.3. The van der Waals surface area contributed by atoms with Crippen molar-refractivity contribution < 1.29 is 4.39 Å². The Bertz CT molecular complexity index is 576. The molecule has 94 valence electrons. The molecule has 0 amide bonds. The number of alkyl halides is 1. The minimum absolute atomic E-state index is 0.332. The molecule has 0 spiro atoms. The van der Waals surface area contributed by atoms with Gasteiger partial charge in [0.15, 0.2) is 0 Å². The normalized spacial score (nSPS) is 10.7. The summed E-state index contributed by atoms with van der Waals surface area (Å²) in [6, 6.07) is 7.90. The van der Waals surface area contributed by atoms with Crippen molar-refractivity contribution in [1.82, 2.24) is 0 Å². The molecule has 2 rings (SSSR count). The molecule has 0 atom stereocenters. The molecule has 2 aromatic rings. The number of halogens is 5. The first-order chi connectivity index (χ1) is 8.52. The Labute approximate surface area is 128 Å². The van der Waals surface area contributed by atoms with Crippen LogP contribution in [0.25, 0.3) is 11.1 Å². The van der Waals surface area contributed by atoms with Gasteiger partial charge in [0.2, 0.25) is 0 Å². The van der Waals surface area contributed by atoms with Crippen molar-refractivity contribution in [3.8, 4) is 11.1 Å². The Kier molecular flexibility index (Phi) is 4.54. The zero-order valence-electron chi connectivity index (χ0n) is 8.98. The van der Waals surface area contributed by atoms with Crippen LogP contribution in [0.15, 0.2) is 30.3 Å². The van der Waals surface area contributed by atoms with E-state index in [9.17, 15) is 4.39 Å². The summed E-state index contributed by atoms with van der Waals surface area (Å²) in [6.07, 6.45) is 0. The largest absolute Gasteiger partial charge is 0.206 e. The third-order valence-corrected chi connectivity index (χ3v) is 3.92. The lowest BCUT2D eigenvalue weighted by Gasteiger charge is -2.10. The van der Waals surface area contributed by atoms with Gasteiger partial charge in [-0.3, -0.25) is 0 Å². The summed E-state index contributed by atoms with van der Waals surface area (Å²) in [5.41, 5.74) is 1.77. The van der Waals surface area contributed by atoms with Crippen molar-refractivity contribution in [2.75, 3.05) is 0 Å². The van der Waals surface area contributed by atoms with Gasteiger partial charge in [-0.25, -0.2) is 4.39 Å². The lowest BCUT2D eigenvalue weighted by atomic mass is 10.0. The third kappa shape index (κ3) is 2.83. The molecule has 0 fully saturated rings. The Morgan fingerprint density at radius 1 is 1.00 bits per heavy atom. The second-order valence-electron chi connectivity index (χ2n) is 3.69. The molecule has 0 saturated carbocycles. The van der Waals surface area contributed by atoms with Gasteiger partial charge in [-0.2, -0.15) is 0 Å². The molecule has 0 unspecified atom stereocenters. The smallest absolute Gasteiger partial charge is 0.131 e. The van der Waals surface area contributed by atoms with E-state index in [1.165, 1.54) is 6.07 Å². The fraction of sp³-hybridized carbons (Fsp3) is 0.0769. The van der Waals surface area contributed by atoms with Gasteiger partial charge < -0.3 is 0 Å². The van der Waals surface area contributed by atoms with Crippen LogP contribution in [0.2, 0.25) is 15.1 Å². The molecule has 0 aromatic heterocycles. The van der Waals surface area contributed by atoms with Crippen LogP contribution in [0.4, 0.5) is 4.39 Å². The van der Waals surface area contributed by atoms with Crippen molar-refractivity contribution in [3.05, 3.63) is 56.8 Å². The van der Waals surface area contributed by atoms with E-state index >= 15 is 0 Å². The summed E-state index contributed by atoms with van der Waals surface area (Å²) in [4.78, 5) is 0. The van der Waals surface area contributed by atoms with E-state index in [-0.39, 0.29) is 5.82 Å². The molecule has 0 nitrogen and oxygen atoms in total. The van der Waals surface area contributed by atoms with E-state index in [0.717, 1.165) is 5.56 Å². The van der Waals surface area contributed by atoms with Gasteiger partial charge in [-0.15, -0.1) is 0 Å². The summed E-state index contributed by atoms with van der Waals surface area (Å²) in [6.45, 7) is 0. The fourth-order valence-electron chi connectivity index (χ4n) is 1.65. The van der Waals surface area contributed by atoms with Crippen LogP contribution in [-0.2, 0) is 5.33 Å². The molecule has 5 heteroatoms. The Balaban J connectivity index is 2.68. The fourth-order valence-corrected chi connectivity index (χ4v) is 3.02. The highest BCUT2D eigenvalue weighted by Crippen LogP contribution is 2.38. The van der Waals surface area contributed by atoms with Crippen LogP contribution in [-0.4, -0.2) is 0 Å². The first-order valence-corrected chi connectivity index (χ1v) is 7.27. The van der Waals surface area contributed by atoms with E-state index in [1.807, 2.05) is 0 Å². The molecule has 0 saturated heterocycles. The highest BCUT2D eigenvalue weighted by Gasteiger charge is 2.14. The maximum Gasteiger partial charge on any atom is 0.131 e. The Morgan fingerprint density at radius 2 is 1.61 bits per heavy atom. The van der Waals surface area contributed by atoms with Crippen molar-refractivity contribution in [3.63, 3.8) is 0 Å². The average Bonchev–Trinajstić information content (AvgIpc) is 2.30. The quantitative estimate of drug-likeness (QED) is 0.542. The monoisotopic (exact) mass is 366 g/mol. The van der Waals surface area contributed by atoms with Crippen molar-refractivity contribution in [2.24, 2.45) is 0 Å². The summed E-state index contributed by atoms with van der Waals surface area (Å²) < 4.78 is 13.9.